The summed E-state index contributed by atoms with van der Waals surface area (Å²) in [5.41, 5.74) is 1.01. The van der Waals surface area contributed by atoms with Crippen molar-refractivity contribution in [1.29, 1.82) is 0 Å². The Hall–Kier alpha value is -0.930. The van der Waals surface area contributed by atoms with Gasteiger partial charge in [-0.15, -0.1) is 0 Å². The monoisotopic (exact) mass is 233 g/mol. The van der Waals surface area contributed by atoms with E-state index in [1.807, 2.05) is 0 Å². The van der Waals surface area contributed by atoms with Crippen molar-refractivity contribution in [3.8, 4) is 5.75 Å². The van der Waals surface area contributed by atoms with Crippen LogP contribution in [0, 0.1) is 0 Å². The Bertz CT molecular complexity index is 377. The molecule has 0 atom stereocenters. The first kappa shape index (κ1) is 11.1. The van der Waals surface area contributed by atoms with Gasteiger partial charge in [0.05, 0.1) is 10.7 Å². The van der Waals surface area contributed by atoms with Crippen LogP contribution >= 0.6 is 23.2 Å². The summed E-state index contributed by atoms with van der Waals surface area (Å²) in [7, 11) is 0. The van der Waals surface area contributed by atoms with Crippen LogP contribution in [0.2, 0.25) is 10.0 Å². The SMILES string of the molecule is C/C(Cc1cc(Cl)cc(Cl)c1O)=N/O. The Kier molecular flexibility index (Phi) is 3.61. The van der Waals surface area contributed by atoms with Crippen LogP contribution in [0.4, 0.5) is 0 Å². The lowest BCUT2D eigenvalue weighted by molar-refractivity contribution is 0.317. The molecule has 0 amide bonds. The number of rotatable bonds is 2. The molecular weight excluding hydrogens is 225 g/mol. The molecule has 0 saturated carbocycles. The van der Waals surface area contributed by atoms with Gasteiger partial charge in [-0.2, -0.15) is 0 Å². The van der Waals surface area contributed by atoms with Crippen LogP contribution in [0.25, 0.3) is 0 Å². The Morgan fingerprint density at radius 2 is 2.07 bits per heavy atom. The van der Waals surface area contributed by atoms with Gasteiger partial charge in [-0.05, 0) is 19.1 Å². The topological polar surface area (TPSA) is 52.8 Å². The molecule has 14 heavy (non-hydrogen) atoms. The minimum Gasteiger partial charge on any atom is -0.506 e. The van der Waals surface area contributed by atoms with Crippen LogP contribution in [-0.2, 0) is 6.42 Å². The molecule has 0 radical (unpaired) electrons. The molecule has 1 rings (SSSR count). The molecule has 5 heteroatoms. The molecule has 1 aromatic carbocycles. The molecule has 0 fully saturated rings. The molecule has 0 aliphatic carbocycles. The normalized spacial score (nSPS) is 11.8. The molecule has 0 bridgehead atoms. The molecule has 0 spiro atoms. The van der Waals surface area contributed by atoms with Gasteiger partial charge in [-0.25, -0.2) is 0 Å². The zero-order valence-electron chi connectivity index (χ0n) is 7.46. The van der Waals surface area contributed by atoms with Crippen molar-refractivity contribution in [2.75, 3.05) is 0 Å². The van der Waals surface area contributed by atoms with E-state index in [1.54, 1.807) is 13.0 Å². The number of benzene rings is 1. The van der Waals surface area contributed by atoms with Crippen LogP contribution in [-0.4, -0.2) is 16.0 Å². The third-order valence-corrected chi connectivity index (χ3v) is 2.23. The van der Waals surface area contributed by atoms with Crippen LogP contribution in [0.3, 0.4) is 0 Å². The number of hydrogen-bond donors (Lipinski definition) is 2. The molecule has 0 heterocycles. The molecule has 0 saturated heterocycles. The van der Waals surface area contributed by atoms with Gasteiger partial charge < -0.3 is 10.3 Å². The fraction of sp³-hybridized carbons (Fsp3) is 0.222. The first-order chi connectivity index (χ1) is 6.54. The summed E-state index contributed by atoms with van der Waals surface area (Å²) in [5.74, 6) is -0.0286. The van der Waals surface area contributed by atoms with E-state index in [4.69, 9.17) is 28.4 Å². The van der Waals surface area contributed by atoms with Gasteiger partial charge in [0, 0.05) is 17.0 Å². The molecule has 3 nitrogen and oxygen atoms in total. The fourth-order valence-electron chi connectivity index (χ4n) is 1.07. The van der Waals surface area contributed by atoms with Gasteiger partial charge in [0.25, 0.3) is 0 Å². The van der Waals surface area contributed by atoms with E-state index in [-0.39, 0.29) is 10.8 Å². The maximum atomic E-state index is 9.54. The van der Waals surface area contributed by atoms with Gasteiger partial charge in [0.2, 0.25) is 0 Å². The Balaban J connectivity index is 3.08. The van der Waals surface area contributed by atoms with Crippen molar-refractivity contribution in [2.24, 2.45) is 5.16 Å². The van der Waals surface area contributed by atoms with Crippen molar-refractivity contribution in [2.45, 2.75) is 13.3 Å². The number of hydrogen-bond acceptors (Lipinski definition) is 3. The zero-order valence-corrected chi connectivity index (χ0v) is 8.97. The smallest absolute Gasteiger partial charge is 0.137 e. The highest BCUT2D eigenvalue weighted by atomic mass is 35.5. The van der Waals surface area contributed by atoms with Crippen LogP contribution < -0.4 is 0 Å². The zero-order chi connectivity index (χ0) is 10.7. The summed E-state index contributed by atoms with van der Waals surface area (Å²) in [6.45, 7) is 1.63. The summed E-state index contributed by atoms with van der Waals surface area (Å²) in [4.78, 5) is 0. The third-order valence-electron chi connectivity index (χ3n) is 1.72. The molecule has 1 aromatic rings. The average molecular weight is 234 g/mol. The van der Waals surface area contributed by atoms with E-state index in [0.29, 0.717) is 22.7 Å². The highest BCUT2D eigenvalue weighted by Gasteiger charge is 2.08. The summed E-state index contributed by atoms with van der Waals surface area (Å²) in [6.07, 6.45) is 0.308. The number of halogens is 2. The summed E-state index contributed by atoms with van der Waals surface area (Å²) < 4.78 is 0. The van der Waals surface area contributed by atoms with Gasteiger partial charge in [0.1, 0.15) is 5.75 Å². The number of phenolic OH excluding ortho intramolecular Hbond substituents is 1. The van der Waals surface area contributed by atoms with Crippen molar-refractivity contribution in [3.05, 3.63) is 27.7 Å². The summed E-state index contributed by atoms with van der Waals surface area (Å²) >= 11 is 11.5. The second-order valence-corrected chi connectivity index (χ2v) is 3.75. The highest BCUT2D eigenvalue weighted by molar-refractivity contribution is 6.35. The second-order valence-electron chi connectivity index (χ2n) is 2.91. The molecule has 0 aliphatic heterocycles. The predicted molar refractivity (Wildman–Crippen MR) is 56.7 cm³/mol. The van der Waals surface area contributed by atoms with Gasteiger partial charge in [0.15, 0.2) is 0 Å². The summed E-state index contributed by atoms with van der Waals surface area (Å²) in [5, 5.41) is 21.6. The Morgan fingerprint density at radius 1 is 1.43 bits per heavy atom. The van der Waals surface area contributed by atoms with E-state index in [2.05, 4.69) is 5.16 Å². The highest BCUT2D eigenvalue weighted by Crippen LogP contribution is 2.31. The Labute approximate surface area is 91.6 Å². The maximum absolute atomic E-state index is 9.54. The first-order valence-corrected chi connectivity index (χ1v) is 4.64. The van der Waals surface area contributed by atoms with E-state index < -0.39 is 0 Å². The molecular formula is C9H9Cl2NO2. The van der Waals surface area contributed by atoms with Crippen molar-refractivity contribution >= 4 is 28.9 Å². The molecule has 76 valence electrons. The summed E-state index contributed by atoms with van der Waals surface area (Å²) in [6, 6.07) is 3.03. The van der Waals surface area contributed by atoms with E-state index >= 15 is 0 Å². The lowest BCUT2D eigenvalue weighted by Crippen LogP contribution is -1.98. The van der Waals surface area contributed by atoms with E-state index in [0.717, 1.165) is 0 Å². The van der Waals surface area contributed by atoms with Crippen LogP contribution in [0.5, 0.6) is 5.75 Å². The lowest BCUT2D eigenvalue weighted by Gasteiger charge is -2.05. The van der Waals surface area contributed by atoms with Crippen molar-refractivity contribution < 1.29 is 10.3 Å². The quantitative estimate of drug-likeness (QED) is 0.469. The van der Waals surface area contributed by atoms with Gasteiger partial charge in [-0.1, -0.05) is 28.4 Å². The van der Waals surface area contributed by atoms with Crippen LogP contribution in [0.1, 0.15) is 12.5 Å². The first-order valence-electron chi connectivity index (χ1n) is 3.89. The molecule has 0 unspecified atom stereocenters. The van der Waals surface area contributed by atoms with E-state index in [9.17, 15) is 5.11 Å². The largest absolute Gasteiger partial charge is 0.506 e. The van der Waals surface area contributed by atoms with Crippen LogP contribution in [0.15, 0.2) is 17.3 Å². The minimum atomic E-state index is -0.0286. The van der Waals surface area contributed by atoms with Crippen molar-refractivity contribution in [3.63, 3.8) is 0 Å². The second kappa shape index (κ2) is 4.53. The predicted octanol–water partition coefficient (Wildman–Crippen LogP) is 3.09. The molecule has 0 aromatic heterocycles. The van der Waals surface area contributed by atoms with Gasteiger partial charge in [-0.3, -0.25) is 0 Å². The van der Waals surface area contributed by atoms with Gasteiger partial charge >= 0.3 is 0 Å². The fourth-order valence-corrected chi connectivity index (χ4v) is 1.60. The maximum Gasteiger partial charge on any atom is 0.137 e. The number of phenols is 1. The van der Waals surface area contributed by atoms with Crippen molar-refractivity contribution in [1.82, 2.24) is 0 Å². The lowest BCUT2D eigenvalue weighted by atomic mass is 10.1. The standard InChI is InChI=1S/C9H9Cl2NO2/c1-5(12-14)2-6-3-7(10)4-8(11)9(6)13/h3-4,13-14H,2H2,1H3/b12-5-. The number of oxime groups is 1. The minimum absolute atomic E-state index is 0.0286. The third kappa shape index (κ3) is 2.53. The average Bonchev–Trinajstić information content (AvgIpc) is 2.13. The molecule has 0 aliphatic rings. The molecule has 2 N–H and O–H groups in total. The number of aromatic hydroxyl groups is 1. The Morgan fingerprint density at radius 3 is 2.64 bits per heavy atom. The van der Waals surface area contributed by atoms with E-state index in [1.165, 1.54) is 6.07 Å². The number of nitrogens with zero attached hydrogens (tertiary/aromatic N) is 1.